The molecule has 1 heterocycles. The topological polar surface area (TPSA) is 12.9 Å². The molecule has 0 spiro atoms. The second kappa shape index (κ2) is 4.58. The molecule has 0 fully saturated rings. The summed E-state index contributed by atoms with van der Waals surface area (Å²) in [7, 11) is 0. The lowest BCUT2D eigenvalue weighted by Crippen LogP contribution is -1.87. The number of hydrogen-bond acceptors (Lipinski definition) is 1. The smallest absolute Gasteiger partial charge is 0.134 e. The molecule has 0 aliphatic carbocycles. The molecule has 2 rings (SSSR count). The zero-order chi connectivity index (χ0) is 11.7. The maximum Gasteiger partial charge on any atom is 0.134 e. The summed E-state index contributed by atoms with van der Waals surface area (Å²) in [5.74, 6) is -0.407. The van der Waals surface area contributed by atoms with E-state index >= 15 is 0 Å². The maximum absolute atomic E-state index is 13.5. The van der Waals surface area contributed by atoms with Crippen LogP contribution in [0, 0.1) is 5.82 Å². The number of hydrogen-bond donors (Lipinski definition) is 0. The van der Waals surface area contributed by atoms with Gasteiger partial charge in [0.1, 0.15) is 5.82 Å². The Kier molecular flexibility index (Phi) is 3.33. The summed E-state index contributed by atoms with van der Waals surface area (Å²) in [6.45, 7) is 0. The Morgan fingerprint density at radius 2 is 1.62 bits per heavy atom. The van der Waals surface area contributed by atoms with Crippen molar-refractivity contribution in [3.05, 3.63) is 51.5 Å². The molecule has 1 aromatic heterocycles. The van der Waals surface area contributed by atoms with Gasteiger partial charge in [0.25, 0.3) is 0 Å². The lowest BCUT2D eigenvalue weighted by molar-refractivity contribution is 0.629. The first-order valence-corrected chi connectivity index (χ1v) is 5.47. The van der Waals surface area contributed by atoms with Crippen LogP contribution in [0.3, 0.4) is 0 Å². The lowest BCUT2D eigenvalue weighted by atomic mass is 10.1. The van der Waals surface area contributed by atoms with Crippen LogP contribution in [0.4, 0.5) is 4.39 Å². The van der Waals surface area contributed by atoms with E-state index < -0.39 is 5.82 Å². The van der Waals surface area contributed by atoms with Gasteiger partial charge in [-0.1, -0.05) is 34.8 Å². The summed E-state index contributed by atoms with van der Waals surface area (Å²) in [5.41, 5.74) is 0.771. The molecule has 0 amide bonds. The molecule has 0 saturated heterocycles. The molecule has 0 aliphatic heterocycles. The number of rotatable bonds is 1. The van der Waals surface area contributed by atoms with Gasteiger partial charge >= 0.3 is 0 Å². The molecule has 1 aromatic carbocycles. The van der Waals surface area contributed by atoms with Crippen LogP contribution in [0.5, 0.6) is 0 Å². The van der Waals surface area contributed by atoms with E-state index in [1.54, 1.807) is 0 Å². The van der Waals surface area contributed by atoms with E-state index in [1.807, 2.05) is 0 Å². The van der Waals surface area contributed by atoms with Gasteiger partial charge in [-0.05, 0) is 18.2 Å². The van der Waals surface area contributed by atoms with Crippen LogP contribution in [0.1, 0.15) is 0 Å². The monoisotopic (exact) mass is 275 g/mol. The average molecular weight is 277 g/mol. The fourth-order valence-electron chi connectivity index (χ4n) is 1.30. The summed E-state index contributed by atoms with van der Waals surface area (Å²) in [4.78, 5) is 3.84. The van der Waals surface area contributed by atoms with Gasteiger partial charge in [0.05, 0.1) is 15.1 Å². The summed E-state index contributed by atoms with van der Waals surface area (Å²) >= 11 is 17.6. The maximum atomic E-state index is 13.5. The SMILES string of the molecule is Fc1ccncc1-c1cc(Cl)c(Cl)cc1Cl. The van der Waals surface area contributed by atoms with E-state index in [2.05, 4.69) is 4.98 Å². The van der Waals surface area contributed by atoms with Crippen LogP contribution < -0.4 is 0 Å². The highest BCUT2D eigenvalue weighted by atomic mass is 35.5. The highest BCUT2D eigenvalue weighted by Gasteiger charge is 2.11. The Labute approximate surface area is 107 Å². The fraction of sp³-hybridized carbons (Fsp3) is 0. The third kappa shape index (κ3) is 2.14. The molecule has 0 unspecified atom stereocenters. The van der Waals surface area contributed by atoms with Crippen molar-refractivity contribution in [2.45, 2.75) is 0 Å². The third-order valence-corrected chi connectivity index (χ3v) is 3.10. The molecular formula is C11H5Cl3FN. The summed E-state index contributed by atoms with van der Waals surface area (Å²) in [6, 6.07) is 4.26. The van der Waals surface area contributed by atoms with Gasteiger partial charge in [-0.25, -0.2) is 4.39 Å². The molecule has 5 heteroatoms. The lowest BCUT2D eigenvalue weighted by Gasteiger charge is -2.07. The number of aromatic nitrogens is 1. The van der Waals surface area contributed by atoms with Crippen LogP contribution in [-0.4, -0.2) is 4.98 Å². The molecule has 0 atom stereocenters. The first-order chi connectivity index (χ1) is 7.59. The van der Waals surface area contributed by atoms with Gasteiger partial charge < -0.3 is 0 Å². The van der Waals surface area contributed by atoms with Crippen LogP contribution in [0.2, 0.25) is 15.1 Å². The zero-order valence-corrected chi connectivity index (χ0v) is 10.1. The second-order valence-corrected chi connectivity index (χ2v) is 4.32. The predicted molar refractivity (Wildman–Crippen MR) is 64.7 cm³/mol. The third-order valence-electron chi connectivity index (χ3n) is 2.07. The van der Waals surface area contributed by atoms with Crippen molar-refractivity contribution in [2.24, 2.45) is 0 Å². The molecule has 0 saturated carbocycles. The minimum Gasteiger partial charge on any atom is -0.264 e. The van der Waals surface area contributed by atoms with Crippen molar-refractivity contribution in [1.29, 1.82) is 0 Å². The molecular weight excluding hydrogens is 271 g/mol. The molecule has 2 aromatic rings. The molecule has 0 aliphatic rings. The van der Waals surface area contributed by atoms with Crippen LogP contribution in [-0.2, 0) is 0 Å². The Morgan fingerprint density at radius 3 is 2.31 bits per heavy atom. The number of nitrogens with zero attached hydrogens (tertiary/aromatic N) is 1. The molecule has 82 valence electrons. The summed E-state index contributed by atoms with van der Waals surface area (Å²) in [5, 5.41) is 0.991. The Balaban J connectivity index is 2.65. The van der Waals surface area contributed by atoms with Gasteiger partial charge in [-0.3, -0.25) is 4.98 Å². The van der Waals surface area contributed by atoms with Crippen molar-refractivity contribution in [1.82, 2.24) is 4.98 Å². The first-order valence-electron chi connectivity index (χ1n) is 4.34. The van der Waals surface area contributed by atoms with Crippen LogP contribution in [0.25, 0.3) is 11.1 Å². The van der Waals surface area contributed by atoms with Crippen molar-refractivity contribution in [3.8, 4) is 11.1 Å². The van der Waals surface area contributed by atoms with E-state index in [-0.39, 0.29) is 0 Å². The average Bonchev–Trinajstić information content (AvgIpc) is 2.25. The van der Waals surface area contributed by atoms with Gasteiger partial charge in [0, 0.05) is 23.5 Å². The molecule has 0 N–H and O–H groups in total. The van der Waals surface area contributed by atoms with E-state index in [1.165, 1.54) is 30.6 Å². The van der Waals surface area contributed by atoms with Crippen LogP contribution in [0.15, 0.2) is 30.6 Å². The van der Waals surface area contributed by atoms with Gasteiger partial charge in [-0.2, -0.15) is 0 Å². The molecule has 0 bridgehead atoms. The van der Waals surface area contributed by atoms with Crippen molar-refractivity contribution in [3.63, 3.8) is 0 Å². The number of halogens is 4. The highest BCUT2D eigenvalue weighted by molar-refractivity contribution is 6.44. The van der Waals surface area contributed by atoms with E-state index in [0.29, 0.717) is 26.2 Å². The molecule has 0 radical (unpaired) electrons. The normalized spacial score (nSPS) is 10.5. The molecule has 1 nitrogen and oxygen atoms in total. The minimum atomic E-state index is -0.407. The summed E-state index contributed by atoms with van der Waals surface area (Å²) in [6.07, 6.45) is 2.76. The van der Waals surface area contributed by atoms with Crippen molar-refractivity contribution >= 4 is 34.8 Å². The Bertz CT molecular complexity index is 543. The highest BCUT2D eigenvalue weighted by Crippen LogP contribution is 2.35. The van der Waals surface area contributed by atoms with Crippen LogP contribution >= 0.6 is 34.8 Å². The fourth-order valence-corrected chi connectivity index (χ4v) is 1.95. The van der Waals surface area contributed by atoms with Gasteiger partial charge in [-0.15, -0.1) is 0 Å². The quantitative estimate of drug-likeness (QED) is 0.679. The zero-order valence-electron chi connectivity index (χ0n) is 7.85. The van der Waals surface area contributed by atoms with Gasteiger partial charge in [0.2, 0.25) is 0 Å². The number of benzene rings is 1. The predicted octanol–water partition coefficient (Wildman–Crippen LogP) is 4.85. The number of pyridine rings is 1. The van der Waals surface area contributed by atoms with E-state index in [0.717, 1.165) is 0 Å². The van der Waals surface area contributed by atoms with Crippen molar-refractivity contribution < 1.29 is 4.39 Å². The minimum absolute atomic E-state index is 0.297. The van der Waals surface area contributed by atoms with Crippen molar-refractivity contribution in [2.75, 3.05) is 0 Å². The van der Waals surface area contributed by atoms with E-state index in [4.69, 9.17) is 34.8 Å². The molecule has 16 heavy (non-hydrogen) atoms. The standard InChI is InChI=1S/C11H5Cl3FN/c12-8-4-10(14)9(13)3-6(8)7-5-16-2-1-11(7)15/h1-5H. The van der Waals surface area contributed by atoms with E-state index in [9.17, 15) is 4.39 Å². The Morgan fingerprint density at radius 1 is 0.938 bits per heavy atom. The summed E-state index contributed by atoms with van der Waals surface area (Å²) < 4.78 is 13.5. The first kappa shape index (κ1) is 11.6. The Hall–Kier alpha value is -0.830. The largest absolute Gasteiger partial charge is 0.264 e. The van der Waals surface area contributed by atoms with Gasteiger partial charge in [0.15, 0.2) is 0 Å². The second-order valence-electron chi connectivity index (χ2n) is 3.10.